The van der Waals surface area contributed by atoms with Crippen LogP contribution in [-0.4, -0.2) is 11.6 Å². The summed E-state index contributed by atoms with van der Waals surface area (Å²) in [5.74, 6) is 0.723. The van der Waals surface area contributed by atoms with Crippen LogP contribution >= 0.6 is 11.3 Å². The van der Waals surface area contributed by atoms with E-state index in [9.17, 15) is 0 Å². The molecule has 1 aliphatic carbocycles. The lowest BCUT2D eigenvalue weighted by molar-refractivity contribution is -0.00938. The fourth-order valence-electron chi connectivity index (χ4n) is 1.83. The molecule has 2 nitrogen and oxygen atoms in total. The maximum Gasteiger partial charge on any atom is 0.122 e. The zero-order chi connectivity index (χ0) is 9.97. The molecule has 0 aliphatic heterocycles. The Kier molecular flexibility index (Phi) is 3.19. The molecule has 3 heteroatoms. The minimum atomic E-state index is 0.271. The first-order valence-electron chi connectivity index (χ1n) is 5.35. The van der Waals surface area contributed by atoms with Crippen molar-refractivity contribution in [2.45, 2.75) is 39.2 Å². The standard InChI is InChI=1S/C11H17NOS/c1-3-13-10(9-5-4-6-9)11-12-7-8(2)14-11/h7,9-10H,3-6H2,1-2H3. The van der Waals surface area contributed by atoms with E-state index in [1.165, 1.54) is 29.1 Å². The van der Waals surface area contributed by atoms with Crippen molar-refractivity contribution in [3.05, 3.63) is 16.1 Å². The zero-order valence-corrected chi connectivity index (χ0v) is 9.64. The summed E-state index contributed by atoms with van der Waals surface area (Å²) < 4.78 is 5.79. The van der Waals surface area contributed by atoms with Gasteiger partial charge in [0.2, 0.25) is 0 Å². The van der Waals surface area contributed by atoms with Gasteiger partial charge in [-0.1, -0.05) is 6.42 Å². The summed E-state index contributed by atoms with van der Waals surface area (Å²) in [6, 6.07) is 0. The predicted molar refractivity (Wildman–Crippen MR) is 58.6 cm³/mol. The van der Waals surface area contributed by atoms with Gasteiger partial charge in [-0.25, -0.2) is 4.98 Å². The Bertz CT molecular complexity index is 293. The van der Waals surface area contributed by atoms with E-state index in [2.05, 4.69) is 18.8 Å². The van der Waals surface area contributed by atoms with Crippen LogP contribution in [0.2, 0.25) is 0 Å². The van der Waals surface area contributed by atoms with Crippen molar-refractivity contribution in [2.75, 3.05) is 6.61 Å². The lowest BCUT2D eigenvalue weighted by Gasteiger charge is -2.32. The molecule has 0 spiro atoms. The van der Waals surface area contributed by atoms with Gasteiger partial charge in [-0.15, -0.1) is 11.3 Å². The first kappa shape index (κ1) is 10.1. The summed E-state index contributed by atoms with van der Waals surface area (Å²) in [6.07, 6.45) is 6.20. The largest absolute Gasteiger partial charge is 0.371 e. The maximum atomic E-state index is 5.79. The van der Waals surface area contributed by atoms with E-state index in [0.29, 0.717) is 0 Å². The highest BCUT2D eigenvalue weighted by atomic mass is 32.1. The molecule has 1 fully saturated rings. The van der Waals surface area contributed by atoms with Gasteiger partial charge in [-0.3, -0.25) is 0 Å². The van der Waals surface area contributed by atoms with Gasteiger partial charge in [-0.05, 0) is 32.6 Å². The van der Waals surface area contributed by atoms with Crippen LogP contribution in [0.15, 0.2) is 6.20 Å². The Morgan fingerprint density at radius 3 is 2.86 bits per heavy atom. The average molecular weight is 211 g/mol. The smallest absolute Gasteiger partial charge is 0.122 e. The van der Waals surface area contributed by atoms with Crippen molar-refractivity contribution in [1.29, 1.82) is 0 Å². The Morgan fingerprint density at radius 2 is 2.43 bits per heavy atom. The minimum absolute atomic E-state index is 0.271. The quantitative estimate of drug-likeness (QED) is 0.762. The predicted octanol–water partition coefficient (Wildman–Crippen LogP) is 3.33. The van der Waals surface area contributed by atoms with Crippen LogP contribution in [0.4, 0.5) is 0 Å². The van der Waals surface area contributed by atoms with Crippen molar-refractivity contribution >= 4 is 11.3 Å². The second-order valence-corrected chi connectivity index (χ2v) is 5.14. The van der Waals surface area contributed by atoms with Gasteiger partial charge >= 0.3 is 0 Å². The van der Waals surface area contributed by atoms with E-state index < -0.39 is 0 Å². The number of rotatable bonds is 4. The van der Waals surface area contributed by atoms with Gasteiger partial charge in [0.25, 0.3) is 0 Å². The third kappa shape index (κ3) is 1.98. The average Bonchev–Trinajstić information content (AvgIpc) is 2.48. The van der Waals surface area contributed by atoms with E-state index in [4.69, 9.17) is 4.74 Å². The lowest BCUT2D eigenvalue weighted by atomic mass is 9.81. The topological polar surface area (TPSA) is 22.1 Å². The number of nitrogens with zero attached hydrogens (tertiary/aromatic N) is 1. The molecule has 1 aromatic heterocycles. The molecule has 1 saturated carbocycles. The Morgan fingerprint density at radius 1 is 1.64 bits per heavy atom. The molecule has 1 unspecified atom stereocenters. The molecular weight excluding hydrogens is 194 g/mol. The molecule has 0 aromatic carbocycles. The third-order valence-corrected chi connectivity index (χ3v) is 3.78. The number of aromatic nitrogens is 1. The molecule has 0 amide bonds. The van der Waals surface area contributed by atoms with Gasteiger partial charge in [0.05, 0.1) is 0 Å². The molecule has 0 N–H and O–H groups in total. The highest BCUT2D eigenvalue weighted by Gasteiger charge is 2.30. The molecule has 0 radical (unpaired) electrons. The molecule has 14 heavy (non-hydrogen) atoms. The second kappa shape index (κ2) is 4.41. The first-order chi connectivity index (χ1) is 6.81. The van der Waals surface area contributed by atoms with Crippen LogP contribution in [0.3, 0.4) is 0 Å². The van der Waals surface area contributed by atoms with E-state index in [1.807, 2.05) is 6.20 Å². The molecule has 1 atom stereocenters. The van der Waals surface area contributed by atoms with Gasteiger partial charge < -0.3 is 4.74 Å². The summed E-state index contributed by atoms with van der Waals surface area (Å²) in [5.41, 5.74) is 0. The lowest BCUT2D eigenvalue weighted by Crippen LogP contribution is -2.22. The molecule has 1 heterocycles. The van der Waals surface area contributed by atoms with E-state index in [1.54, 1.807) is 11.3 Å². The minimum Gasteiger partial charge on any atom is -0.371 e. The van der Waals surface area contributed by atoms with Gasteiger partial charge in [0.1, 0.15) is 11.1 Å². The Balaban J connectivity index is 2.09. The molecule has 78 valence electrons. The van der Waals surface area contributed by atoms with Gasteiger partial charge in [0.15, 0.2) is 0 Å². The van der Waals surface area contributed by atoms with Crippen molar-refractivity contribution < 1.29 is 4.74 Å². The van der Waals surface area contributed by atoms with Crippen LogP contribution in [0.5, 0.6) is 0 Å². The molecule has 0 saturated heterocycles. The summed E-state index contributed by atoms with van der Waals surface area (Å²) in [6.45, 7) is 4.96. The van der Waals surface area contributed by atoms with E-state index in [-0.39, 0.29) is 6.10 Å². The highest BCUT2D eigenvalue weighted by Crippen LogP contribution is 2.41. The fourth-order valence-corrected chi connectivity index (χ4v) is 2.75. The number of hydrogen-bond acceptors (Lipinski definition) is 3. The number of ether oxygens (including phenoxy) is 1. The third-order valence-electron chi connectivity index (χ3n) is 2.81. The van der Waals surface area contributed by atoms with Crippen molar-refractivity contribution in [3.8, 4) is 0 Å². The molecule has 1 aromatic rings. The number of hydrogen-bond donors (Lipinski definition) is 0. The molecule has 1 aliphatic rings. The van der Waals surface area contributed by atoms with Crippen molar-refractivity contribution in [1.82, 2.24) is 4.98 Å². The van der Waals surface area contributed by atoms with Crippen LogP contribution in [-0.2, 0) is 4.74 Å². The van der Waals surface area contributed by atoms with Crippen LogP contribution < -0.4 is 0 Å². The Hall–Kier alpha value is -0.410. The van der Waals surface area contributed by atoms with Gasteiger partial charge in [-0.2, -0.15) is 0 Å². The Labute approximate surface area is 89.3 Å². The maximum absolute atomic E-state index is 5.79. The van der Waals surface area contributed by atoms with E-state index >= 15 is 0 Å². The summed E-state index contributed by atoms with van der Waals surface area (Å²) >= 11 is 1.78. The fraction of sp³-hybridized carbons (Fsp3) is 0.727. The highest BCUT2D eigenvalue weighted by molar-refractivity contribution is 7.11. The SMILES string of the molecule is CCOC(c1ncc(C)s1)C1CCC1. The zero-order valence-electron chi connectivity index (χ0n) is 8.82. The molecule has 2 rings (SSSR count). The summed E-state index contributed by atoms with van der Waals surface area (Å²) in [7, 11) is 0. The molecular formula is C11H17NOS. The number of thiazole rings is 1. The summed E-state index contributed by atoms with van der Waals surface area (Å²) in [4.78, 5) is 5.71. The van der Waals surface area contributed by atoms with E-state index in [0.717, 1.165) is 12.5 Å². The van der Waals surface area contributed by atoms with Crippen LogP contribution in [0.25, 0.3) is 0 Å². The van der Waals surface area contributed by atoms with Crippen LogP contribution in [0, 0.1) is 12.8 Å². The monoisotopic (exact) mass is 211 g/mol. The van der Waals surface area contributed by atoms with Crippen molar-refractivity contribution in [2.24, 2.45) is 5.92 Å². The summed E-state index contributed by atoms with van der Waals surface area (Å²) in [5, 5.41) is 1.18. The van der Waals surface area contributed by atoms with Crippen LogP contribution in [0.1, 0.15) is 42.2 Å². The van der Waals surface area contributed by atoms with Crippen molar-refractivity contribution in [3.63, 3.8) is 0 Å². The second-order valence-electron chi connectivity index (χ2n) is 3.88. The van der Waals surface area contributed by atoms with Gasteiger partial charge in [0, 0.05) is 17.7 Å². The normalized spacial score (nSPS) is 19.3. The number of aryl methyl sites for hydroxylation is 1. The first-order valence-corrected chi connectivity index (χ1v) is 6.17. The molecule has 0 bridgehead atoms.